The normalized spacial score (nSPS) is 13.6. The molecule has 0 bridgehead atoms. The van der Waals surface area contributed by atoms with Crippen LogP contribution >= 0.6 is 0 Å². The van der Waals surface area contributed by atoms with Crippen molar-refractivity contribution in [3.05, 3.63) is 18.0 Å². The summed E-state index contributed by atoms with van der Waals surface area (Å²) in [5, 5.41) is 3.04. The lowest BCUT2D eigenvalue weighted by Crippen LogP contribution is -2.24. The average molecular weight is 289 g/mol. The predicted molar refractivity (Wildman–Crippen MR) is 88.4 cm³/mol. The molecule has 1 unspecified atom stereocenters. The van der Waals surface area contributed by atoms with Crippen LogP contribution in [0.5, 0.6) is 0 Å². The van der Waals surface area contributed by atoms with Gasteiger partial charge in [-0.3, -0.25) is 0 Å². The number of aromatic nitrogens is 3. The van der Waals surface area contributed by atoms with Crippen LogP contribution in [0.1, 0.15) is 39.4 Å². The molecular weight excluding hydrogens is 262 g/mol. The Balaban J connectivity index is 2.08. The largest absolute Gasteiger partial charge is 0.373 e. The van der Waals surface area contributed by atoms with E-state index in [1.807, 2.05) is 19.2 Å². The molecule has 0 spiro atoms. The maximum Gasteiger partial charge on any atom is 0.179 e. The molecule has 2 aromatic heterocycles. The molecule has 0 fully saturated rings. The lowest BCUT2D eigenvalue weighted by Gasteiger charge is -2.30. The van der Waals surface area contributed by atoms with E-state index in [9.17, 15) is 0 Å². The van der Waals surface area contributed by atoms with Crippen LogP contribution in [0.25, 0.3) is 11.2 Å². The number of nitrogens with two attached hydrogens (primary N) is 1. The van der Waals surface area contributed by atoms with Gasteiger partial charge in [0.15, 0.2) is 5.65 Å². The smallest absolute Gasteiger partial charge is 0.179 e. The molecule has 21 heavy (non-hydrogen) atoms. The van der Waals surface area contributed by atoms with Gasteiger partial charge in [0.05, 0.1) is 5.52 Å². The maximum atomic E-state index is 5.75. The molecule has 0 aliphatic carbocycles. The van der Waals surface area contributed by atoms with Crippen molar-refractivity contribution in [2.24, 2.45) is 17.1 Å². The minimum absolute atomic E-state index is 0.281. The molecule has 1 atom stereocenters. The summed E-state index contributed by atoms with van der Waals surface area (Å²) in [5.41, 5.74) is 7.80. The Kier molecular flexibility index (Phi) is 4.83. The topological polar surface area (TPSA) is 79.6 Å². The number of fused-ring (bicyclic) bond motifs is 1. The Morgan fingerprint density at radius 3 is 2.62 bits per heavy atom. The zero-order valence-electron chi connectivity index (χ0n) is 13.5. The van der Waals surface area contributed by atoms with Crippen molar-refractivity contribution >= 4 is 17.0 Å². The van der Waals surface area contributed by atoms with Gasteiger partial charge in [0.25, 0.3) is 0 Å². The van der Waals surface area contributed by atoms with Gasteiger partial charge in [-0.1, -0.05) is 20.8 Å². The molecule has 5 nitrogen and oxygen atoms in total. The number of hydrogen-bond acceptors (Lipinski definition) is 4. The van der Waals surface area contributed by atoms with Gasteiger partial charge in [-0.05, 0) is 42.9 Å². The second kappa shape index (κ2) is 6.43. The zero-order valence-corrected chi connectivity index (χ0v) is 13.5. The second-order valence-electron chi connectivity index (χ2n) is 6.68. The fourth-order valence-electron chi connectivity index (χ4n) is 2.72. The quantitative estimate of drug-likeness (QED) is 0.764. The Bertz CT molecular complexity index is 582. The summed E-state index contributed by atoms with van der Waals surface area (Å²) in [4.78, 5) is 12.4. The van der Waals surface area contributed by atoms with Crippen LogP contribution in [0.15, 0.2) is 12.1 Å². The first-order valence-electron chi connectivity index (χ1n) is 7.67. The van der Waals surface area contributed by atoms with Crippen LogP contribution in [0.2, 0.25) is 0 Å². The molecule has 2 rings (SSSR count). The molecule has 4 N–H and O–H groups in total. The van der Waals surface area contributed by atoms with Crippen LogP contribution in [0.4, 0.5) is 5.82 Å². The number of H-pyrrole nitrogens is 1. The molecule has 2 heterocycles. The molecule has 0 aliphatic heterocycles. The van der Waals surface area contributed by atoms with Crippen molar-refractivity contribution in [2.75, 3.05) is 18.9 Å². The number of imidazole rings is 1. The summed E-state index contributed by atoms with van der Waals surface area (Å²) >= 11 is 0. The standard InChI is InChI=1S/C16H27N5/c1-16(2,3)11(9-10-17)5-7-14-19-12-6-8-13(18-4)20-15(12)21-14/h6,8,11H,5,7,9-10,17H2,1-4H3,(H2,18,19,20,21). The molecule has 2 aromatic rings. The molecule has 0 radical (unpaired) electrons. The van der Waals surface area contributed by atoms with Crippen molar-refractivity contribution in [1.29, 1.82) is 0 Å². The van der Waals surface area contributed by atoms with Gasteiger partial charge in [0, 0.05) is 13.5 Å². The van der Waals surface area contributed by atoms with Gasteiger partial charge >= 0.3 is 0 Å². The number of aromatic amines is 1. The van der Waals surface area contributed by atoms with Gasteiger partial charge in [-0.15, -0.1) is 0 Å². The van der Waals surface area contributed by atoms with E-state index in [1.54, 1.807) is 0 Å². The van der Waals surface area contributed by atoms with Gasteiger partial charge in [-0.2, -0.15) is 0 Å². The summed E-state index contributed by atoms with van der Waals surface area (Å²) in [5.74, 6) is 2.46. The van der Waals surface area contributed by atoms with Crippen LogP contribution in [-0.2, 0) is 6.42 Å². The number of nitrogens with zero attached hydrogens (tertiary/aromatic N) is 2. The molecule has 0 saturated carbocycles. The molecule has 116 valence electrons. The minimum atomic E-state index is 0.281. The van der Waals surface area contributed by atoms with E-state index in [1.165, 1.54) is 0 Å². The van der Waals surface area contributed by atoms with E-state index in [2.05, 4.69) is 41.0 Å². The molecule has 0 aromatic carbocycles. The summed E-state index contributed by atoms with van der Waals surface area (Å²) in [6, 6.07) is 3.97. The highest BCUT2D eigenvalue weighted by Gasteiger charge is 2.23. The number of anilines is 1. The first-order chi connectivity index (χ1) is 9.94. The van der Waals surface area contributed by atoms with E-state index in [4.69, 9.17) is 5.73 Å². The third kappa shape index (κ3) is 3.94. The lowest BCUT2D eigenvalue weighted by molar-refractivity contribution is 0.214. The number of pyridine rings is 1. The Morgan fingerprint density at radius 1 is 1.24 bits per heavy atom. The molecule has 0 saturated heterocycles. The number of rotatable bonds is 6. The first kappa shape index (κ1) is 15.8. The van der Waals surface area contributed by atoms with Gasteiger partial charge in [0.2, 0.25) is 0 Å². The van der Waals surface area contributed by atoms with Crippen molar-refractivity contribution in [3.63, 3.8) is 0 Å². The minimum Gasteiger partial charge on any atom is -0.373 e. The fraction of sp³-hybridized carbons (Fsp3) is 0.625. The fourth-order valence-corrected chi connectivity index (χ4v) is 2.72. The molecule has 0 amide bonds. The maximum absolute atomic E-state index is 5.75. The SMILES string of the molecule is CNc1ccc2[nH]c(CCC(CCN)C(C)(C)C)nc2n1. The van der Waals surface area contributed by atoms with Gasteiger partial charge in [0.1, 0.15) is 11.6 Å². The van der Waals surface area contributed by atoms with E-state index in [-0.39, 0.29) is 5.41 Å². The van der Waals surface area contributed by atoms with Gasteiger partial charge in [-0.25, -0.2) is 9.97 Å². The lowest BCUT2D eigenvalue weighted by atomic mass is 9.76. The highest BCUT2D eigenvalue weighted by atomic mass is 15.0. The summed E-state index contributed by atoms with van der Waals surface area (Å²) in [6.07, 6.45) is 3.10. The summed E-state index contributed by atoms with van der Waals surface area (Å²) in [6.45, 7) is 7.60. The van der Waals surface area contributed by atoms with E-state index < -0.39 is 0 Å². The zero-order chi connectivity index (χ0) is 15.5. The van der Waals surface area contributed by atoms with Crippen molar-refractivity contribution in [3.8, 4) is 0 Å². The number of nitrogens with one attached hydrogen (secondary N) is 2. The number of hydrogen-bond donors (Lipinski definition) is 3. The number of aryl methyl sites for hydroxylation is 1. The molecule has 5 heteroatoms. The highest BCUT2D eigenvalue weighted by Crippen LogP contribution is 2.32. The monoisotopic (exact) mass is 289 g/mol. The van der Waals surface area contributed by atoms with Crippen molar-refractivity contribution in [1.82, 2.24) is 15.0 Å². The summed E-state index contributed by atoms with van der Waals surface area (Å²) in [7, 11) is 1.86. The summed E-state index contributed by atoms with van der Waals surface area (Å²) < 4.78 is 0. The molecular formula is C16H27N5. The van der Waals surface area contributed by atoms with Crippen LogP contribution < -0.4 is 11.1 Å². The van der Waals surface area contributed by atoms with E-state index >= 15 is 0 Å². The van der Waals surface area contributed by atoms with E-state index in [0.29, 0.717) is 5.92 Å². The average Bonchev–Trinajstić information content (AvgIpc) is 2.83. The predicted octanol–water partition coefficient (Wildman–Crippen LogP) is 2.94. The Morgan fingerprint density at radius 2 is 2.00 bits per heavy atom. The Labute approximate surface area is 126 Å². The van der Waals surface area contributed by atoms with Crippen molar-refractivity contribution < 1.29 is 0 Å². The van der Waals surface area contributed by atoms with Crippen LogP contribution in [-0.4, -0.2) is 28.5 Å². The van der Waals surface area contributed by atoms with Crippen LogP contribution in [0.3, 0.4) is 0 Å². The first-order valence-corrected chi connectivity index (χ1v) is 7.67. The van der Waals surface area contributed by atoms with Crippen LogP contribution in [0, 0.1) is 11.3 Å². The second-order valence-corrected chi connectivity index (χ2v) is 6.68. The third-order valence-corrected chi connectivity index (χ3v) is 4.12. The molecule has 0 aliphatic rings. The van der Waals surface area contributed by atoms with Crippen molar-refractivity contribution in [2.45, 2.75) is 40.0 Å². The third-order valence-electron chi connectivity index (χ3n) is 4.12. The van der Waals surface area contributed by atoms with Gasteiger partial charge < -0.3 is 16.0 Å². The Hall–Kier alpha value is -1.62. The van der Waals surface area contributed by atoms with E-state index in [0.717, 1.165) is 48.6 Å². The highest BCUT2D eigenvalue weighted by molar-refractivity contribution is 5.72.